The van der Waals surface area contributed by atoms with Crippen molar-refractivity contribution in [3.8, 4) is 56.4 Å². The van der Waals surface area contributed by atoms with Crippen molar-refractivity contribution in [3.63, 3.8) is 0 Å². The zero-order valence-electron chi connectivity index (χ0n) is 30.2. The van der Waals surface area contributed by atoms with Crippen LogP contribution in [0.4, 0.5) is 0 Å². The summed E-state index contributed by atoms with van der Waals surface area (Å²) in [6.45, 7) is 4.74. The molecule has 8 rings (SSSR count). The molecule has 6 aromatic rings. The first-order chi connectivity index (χ1) is 25.0. The van der Waals surface area contributed by atoms with Gasteiger partial charge in [0.25, 0.3) is 0 Å². The largest absolute Gasteiger partial charge is 0.208 e. The Morgan fingerprint density at radius 2 is 0.902 bits per heavy atom. The Morgan fingerprint density at radius 3 is 1.51 bits per heavy atom. The van der Waals surface area contributed by atoms with Crippen LogP contribution in [0.5, 0.6) is 0 Å². The molecule has 2 aliphatic carbocycles. The molecular weight excluding hydrogens is 619 g/mol. The molecule has 1 saturated carbocycles. The van der Waals surface area contributed by atoms with Gasteiger partial charge >= 0.3 is 0 Å². The van der Waals surface area contributed by atoms with E-state index in [1.807, 2.05) is 12.1 Å². The van der Waals surface area contributed by atoms with Crippen molar-refractivity contribution >= 4 is 0 Å². The number of aromatic nitrogens is 3. The van der Waals surface area contributed by atoms with E-state index in [1.165, 1.54) is 110 Å². The van der Waals surface area contributed by atoms with Crippen LogP contribution in [0.1, 0.15) is 107 Å². The standard InChI is InChI=1S/C48H49N3/c1-48(2)43-27-19-18-26-41(43)42-29-28-37(33-44(42)48)39-30-38(34-20-12-8-6-4-3-5-7-9-13-21-34)31-40(32-39)47-50-45(35-22-14-10-15-23-35)49-46(51-47)36-24-16-11-17-25-36/h10-11,14-19,22-34H,3-9,12-13,20-21H2,1-2H3. The third-order valence-electron chi connectivity index (χ3n) is 11.4. The van der Waals surface area contributed by atoms with Gasteiger partial charge in [0.05, 0.1) is 0 Å². The van der Waals surface area contributed by atoms with Crippen LogP contribution in [-0.4, -0.2) is 15.0 Å². The molecule has 0 atom stereocenters. The van der Waals surface area contributed by atoms with E-state index in [1.54, 1.807) is 0 Å². The second-order valence-electron chi connectivity index (χ2n) is 15.3. The molecule has 5 aromatic carbocycles. The van der Waals surface area contributed by atoms with Gasteiger partial charge in [-0.05, 0) is 75.9 Å². The van der Waals surface area contributed by atoms with Crippen molar-refractivity contribution in [1.29, 1.82) is 0 Å². The molecule has 1 fully saturated rings. The fourth-order valence-electron chi connectivity index (χ4n) is 8.50. The lowest BCUT2D eigenvalue weighted by Gasteiger charge is -2.23. The zero-order valence-corrected chi connectivity index (χ0v) is 30.2. The summed E-state index contributed by atoms with van der Waals surface area (Å²) in [4.78, 5) is 15.4. The van der Waals surface area contributed by atoms with Crippen LogP contribution in [0.15, 0.2) is 121 Å². The predicted octanol–water partition coefficient (Wildman–Crippen LogP) is 13.2. The van der Waals surface area contributed by atoms with E-state index < -0.39 is 0 Å². The third-order valence-corrected chi connectivity index (χ3v) is 11.4. The number of nitrogens with zero attached hydrogens (tertiary/aromatic N) is 3. The van der Waals surface area contributed by atoms with Crippen LogP contribution in [0, 0.1) is 0 Å². The highest BCUT2D eigenvalue weighted by molar-refractivity contribution is 5.84. The van der Waals surface area contributed by atoms with Gasteiger partial charge in [-0.1, -0.05) is 175 Å². The van der Waals surface area contributed by atoms with E-state index in [9.17, 15) is 0 Å². The Hall–Kier alpha value is -4.89. The van der Waals surface area contributed by atoms with Crippen molar-refractivity contribution < 1.29 is 0 Å². The molecule has 0 unspecified atom stereocenters. The quantitative estimate of drug-likeness (QED) is 0.184. The topological polar surface area (TPSA) is 38.7 Å². The Kier molecular flexibility index (Phi) is 9.63. The van der Waals surface area contributed by atoms with Crippen LogP contribution in [0.3, 0.4) is 0 Å². The summed E-state index contributed by atoms with van der Waals surface area (Å²) in [5.74, 6) is 2.65. The van der Waals surface area contributed by atoms with E-state index in [4.69, 9.17) is 15.0 Å². The summed E-state index contributed by atoms with van der Waals surface area (Å²) in [5.41, 5.74) is 12.4. The maximum absolute atomic E-state index is 5.19. The van der Waals surface area contributed by atoms with Gasteiger partial charge in [0, 0.05) is 22.1 Å². The second-order valence-corrected chi connectivity index (χ2v) is 15.3. The summed E-state index contributed by atoms with van der Waals surface area (Å²) in [6, 6.07) is 43.9. The molecule has 0 aliphatic heterocycles. The van der Waals surface area contributed by atoms with Crippen molar-refractivity contribution in [2.75, 3.05) is 0 Å². The normalized spacial score (nSPS) is 16.4. The first-order valence-corrected chi connectivity index (χ1v) is 19.3. The first kappa shape index (κ1) is 33.3. The number of hydrogen-bond acceptors (Lipinski definition) is 3. The van der Waals surface area contributed by atoms with Crippen molar-refractivity contribution in [3.05, 3.63) is 138 Å². The lowest BCUT2D eigenvalue weighted by Crippen LogP contribution is -2.14. The molecule has 0 saturated heterocycles. The minimum atomic E-state index is -0.0563. The van der Waals surface area contributed by atoms with Crippen molar-refractivity contribution in [2.45, 2.75) is 95.8 Å². The molecule has 0 N–H and O–H groups in total. The molecule has 51 heavy (non-hydrogen) atoms. The Balaban J connectivity index is 1.28. The lowest BCUT2D eigenvalue weighted by atomic mass is 9.81. The van der Waals surface area contributed by atoms with Crippen LogP contribution in [0.25, 0.3) is 56.4 Å². The number of fused-ring (bicyclic) bond motifs is 3. The predicted molar refractivity (Wildman–Crippen MR) is 213 cm³/mol. The number of benzene rings is 5. The van der Waals surface area contributed by atoms with Gasteiger partial charge in [0.1, 0.15) is 0 Å². The molecule has 0 spiro atoms. The monoisotopic (exact) mass is 667 g/mol. The molecular formula is C48H49N3. The van der Waals surface area contributed by atoms with E-state index in [-0.39, 0.29) is 5.41 Å². The molecule has 2 aliphatic rings. The molecule has 256 valence electrons. The zero-order chi connectivity index (χ0) is 34.6. The fraction of sp³-hybridized carbons (Fsp3) is 0.312. The van der Waals surface area contributed by atoms with Crippen LogP contribution in [-0.2, 0) is 5.41 Å². The second kappa shape index (κ2) is 14.8. The van der Waals surface area contributed by atoms with E-state index >= 15 is 0 Å². The highest BCUT2D eigenvalue weighted by atomic mass is 15.0. The summed E-state index contributed by atoms with van der Waals surface area (Å²) in [7, 11) is 0. The summed E-state index contributed by atoms with van der Waals surface area (Å²) < 4.78 is 0. The summed E-state index contributed by atoms with van der Waals surface area (Å²) >= 11 is 0. The van der Waals surface area contributed by atoms with Crippen molar-refractivity contribution in [1.82, 2.24) is 15.0 Å². The lowest BCUT2D eigenvalue weighted by molar-refractivity contribution is 0.467. The van der Waals surface area contributed by atoms with E-state index in [2.05, 4.69) is 123 Å². The highest BCUT2D eigenvalue weighted by Crippen LogP contribution is 2.49. The average Bonchev–Trinajstić information content (AvgIpc) is 3.41. The summed E-state index contributed by atoms with van der Waals surface area (Å²) in [6.07, 6.45) is 14.6. The van der Waals surface area contributed by atoms with Gasteiger partial charge in [-0.15, -0.1) is 0 Å². The Morgan fingerprint density at radius 1 is 0.412 bits per heavy atom. The van der Waals surface area contributed by atoms with Gasteiger partial charge < -0.3 is 0 Å². The number of hydrogen-bond donors (Lipinski definition) is 0. The SMILES string of the molecule is CC1(C)c2ccccc2-c2ccc(-c3cc(-c4nc(-c5ccccc5)nc(-c5ccccc5)n4)cc(C4CCCCCCCCCCC4)c3)cc21. The van der Waals surface area contributed by atoms with Gasteiger partial charge in [0.2, 0.25) is 0 Å². The minimum Gasteiger partial charge on any atom is -0.208 e. The average molecular weight is 668 g/mol. The van der Waals surface area contributed by atoms with Gasteiger partial charge in [-0.3, -0.25) is 0 Å². The highest BCUT2D eigenvalue weighted by Gasteiger charge is 2.35. The minimum absolute atomic E-state index is 0.0563. The van der Waals surface area contributed by atoms with E-state index in [0.29, 0.717) is 17.6 Å². The van der Waals surface area contributed by atoms with E-state index in [0.717, 1.165) is 22.5 Å². The summed E-state index contributed by atoms with van der Waals surface area (Å²) in [5, 5.41) is 0. The van der Waals surface area contributed by atoms with Crippen molar-refractivity contribution in [2.24, 2.45) is 0 Å². The maximum Gasteiger partial charge on any atom is 0.164 e. The molecule has 3 nitrogen and oxygen atoms in total. The van der Waals surface area contributed by atoms with Crippen LogP contribution < -0.4 is 0 Å². The molecule has 0 amide bonds. The molecule has 1 aromatic heterocycles. The third kappa shape index (κ3) is 7.04. The van der Waals surface area contributed by atoms with Gasteiger partial charge in [0.15, 0.2) is 17.5 Å². The first-order valence-electron chi connectivity index (χ1n) is 19.3. The molecule has 3 heteroatoms. The molecule has 1 heterocycles. The Bertz CT molecular complexity index is 2050. The van der Waals surface area contributed by atoms with Gasteiger partial charge in [-0.2, -0.15) is 0 Å². The van der Waals surface area contributed by atoms with Gasteiger partial charge in [-0.25, -0.2) is 15.0 Å². The smallest absolute Gasteiger partial charge is 0.164 e. The maximum atomic E-state index is 5.19. The van der Waals surface area contributed by atoms with Crippen LogP contribution in [0.2, 0.25) is 0 Å². The Labute approximate surface area is 304 Å². The van der Waals surface area contributed by atoms with Crippen LogP contribution >= 0.6 is 0 Å². The fourth-order valence-corrected chi connectivity index (χ4v) is 8.50. The molecule has 0 radical (unpaired) electrons. The molecule has 0 bridgehead atoms. The number of rotatable bonds is 5.